The molecular weight excluding hydrogens is 274 g/mol. The summed E-state index contributed by atoms with van der Waals surface area (Å²) >= 11 is 6.04. The molecule has 0 aromatic carbocycles. The Bertz CT molecular complexity index is 818. The van der Waals surface area contributed by atoms with Crippen LogP contribution in [0.15, 0.2) is 24.5 Å². The summed E-state index contributed by atoms with van der Waals surface area (Å²) in [5, 5.41) is 9.47. The van der Waals surface area contributed by atoms with Gasteiger partial charge in [-0.3, -0.25) is 4.68 Å². The highest BCUT2D eigenvalue weighted by molar-refractivity contribution is 6.29. The Hall–Kier alpha value is -1.88. The molecule has 1 aliphatic carbocycles. The van der Waals surface area contributed by atoms with Crippen molar-refractivity contribution in [2.45, 2.75) is 25.2 Å². The van der Waals surface area contributed by atoms with E-state index < -0.39 is 0 Å². The van der Waals surface area contributed by atoms with Gasteiger partial charge in [-0.1, -0.05) is 11.6 Å². The molecule has 3 heterocycles. The first-order valence-electron chi connectivity index (χ1n) is 6.62. The van der Waals surface area contributed by atoms with Crippen LogP contribution in [-0.2, 0) is 18.9 Å². The zero-order valence-corrected chi connectivity index (χ0v) is 12.1. The number of nitrogens with zero attached hydrogens (tertiary/aromatic N) is 5. The maximum atomic E-state index is 6.04. The van der Waals surface area contributed by atoms with E-state index >= 15 is 0 Å². The van der Waals surface area contributed by atoms with Gasteiger partial charge in [-0.15, -0.1) is 0 Å². The lowest BCUT2D eigenvalue weighted by Gasteiger charge is -2.23. The SMILES string of the molecule is Cn1ccc(C2(C)CCc3cnc4cc(Cl)nn4c32)n1. The molecule has 0 aliphatic heterocycles. The van der Waals surface area contributed by atoms with E-state index in [2.05, 4.69) is 28.2 Å². The highest BCUT2D eigenvalue weighted by atomic mass is 35.5. The molecule has 4 rings (SSSR count). The van der Waals surface area contributed by atoms with Crippen molar-refractivity contribution in [1.82, 2.24) is 24.4 Å². The van der Waals surface area contributed by atoms with Crippen LogP contribution in [0.5, 0.6) is 0 Å². The number of fused-ring (bicyclic) bond motifs is 3. The van der Waals surface area contributed by atoms with Crippen molar-refractivity contribution in [1.29, 1.82) is 0 Å². The summed E-state index contributed by atoms with van der Waals surface area (Å²) in [4.78, 5) is 4.43. The van der Waals surface area contributed by atoms with E-state index in [1.807, 2.05) is 28.6 Å². The van der Waals surface area contributed by atoms with Crippen molar-refractivity contribution in [2.24, 2.45) is 7.05 Å². The first kappa shape index (κ1) is 11.9. The van der Waals surface area contributed by atoms with Crippen LogP contribution >= 0.6 is 11.6 Å². The molecule has 102 valence electrons. The average Bonchev–Trinajstić information content (AvgIpc) is 3.07. The Kier molecular flexibility index (Phi) is 2.27. The standard InChI is InChI=1S/C14H14ClN5/c1-14(10-4-6-19(2)17-10)5-3-9-8-16-12-7-11(15)18-20(12)13(9)14/h4,6-8H,3,5H2,1-2H3. The van der Waals surface area contributed by atoms with E-state index in [0.717, 1.165) is 29.9 Å². The summed E-state index contributed by atoms with van der Waals surface area (Å²) in [5.74, 6) is 0. The number of hydrogen-bond donors (Lipinski definition) is 0. The first-order valence-corrected chi connectivity index (χ1v) is 6.99. The Morgan fingerprint density at radius 3 is 2.95 bits per heavy atom. The van der Waals surface area contributed by atoms with Gasteiger partial charge in [0.05, 0.1) is 16.8 Å². The summed E-state index contributed by atoms with van der Waals surface area (Å²) in [6, 6.07) is 3.87. The highest BCUT2D eigenvalue weighted by Gasteiger charge is 2.40. The minimum Gasteiger partial charge on any atom is -0.276 e. The minimum absolute atomic E-state index is 0.146. The van der Waals surface area contributed by atoms with Crippen LogP contribution in [0.25, 0.3) is 5.65 Å². The number of aromatic nitrogens is 5. The van der Waals surface area contributed by atoms with E-state index in [0.29, 0.717) is 5.15 Å². The van der Waals surface area contributed by atoms with E-state index in [1.54, 1.807) is 6.07 Å². The first-order chi connectivity index (χ1) is 9.58. The third-order valence-corrected chi connectivity index (χ3v) is 4.41. The van der Waals surface area contributed by atoms with Crippen LogP contribution in [0.2, 0.25) is 5.15 Å². The molecule has 1 aliphatic rings. The van der Waals surface area contributed by atoms with E-state index in [-0.39, 0.29) is 5.41 Å². The molecule has 5 nitrogen and oxygen atoms in total. The molecule has 6 heteroatoms. The zero-order chi connectivity index (χ0) is 13.9. The number of rotatable bonds is 1. The van der Waals surface area contributed by atoms with Gasteiger partial charge < -0.3 is 0 Å². The van der Waals surface area contributed by atoms with Gasteiger partial charge in [-0.05, 0) is 31.4 Å². The van der Waals surface area contributed by atoms with Gasteiger partial charge in [-0.25, -0.2) is 9.50 Å². The fraction of sp³-hybridized carbons (Fsp3) is 0.357. The van der Waals surface area contributed by atoms with Crippen LogP contribution in [0.4, 0.5) is 0 Å². The van der Waals surface area contributed by atoms with Gasteiger partial charge in [0.25, 0.3) is 0 Å². The fourth-order valence-corrected chi connectivity index (χ4v) is 3.35. The Labute approximate surface area is 121 Å². The lowest BCUT2D eigenvalue weighted by atomic mass is 9.84. The van der Waals surface area contributed by atoms with Crippen molar-refractivity contribution >= 4 is 17.2 Å². The summed E-state index contributed by atoms with van der Waals surface area (Å²) in [5.41, 5.74) is 4.10. The van der Waals surface area contributed by atoms with Crippen LogP contribution in [0.1, 0.15) is 30.3 Å². The van der Waals surface area contributed by atoms with Gasteiger partial charge in [0, 0.05) is 25.5 Å². The molecule has 3 aromatic heterocycles. The molecule has 20 heavy (non-hydrogen) atoms. The predicted molar refractivity (Wildman–Crippen MR) is 76.0 cm³/mol. The van der Waals surface area contributed by atoms with Gasteiger partial charge >= 0.3 is 0 Å². The smallest absolute Gasteiger partial charge is 0.156 e. The summed E-state index contributed by atoms with van der Waals surface area (Å²) < 4.78 is 3.71. The number of halogens is 1. The molecule has 1 unspecified atom stereocenters. The maximum Gasteiger partial charge on any atom is 0.156 e. The lowest BCUT2D eigenvalue weighted by molar-refractivity contribution is 0.512. The summed E-state index contributed by atoms with van der Waals surface area (Å²) in [7, 11) is 1.94. The quantitative estimate of drug-likeness (QED) is 0.690. The summed E-state index contributed by atoms with van der Waals surface area (Å²) in [6.07, 6.45) is 5.92. The Balaban J connectivity index is 2.02. The monoisotopic (exact) mass is 287 g/mol. The van der Waals surface area contributed by atoms with Gasteiger partial charge in [0.1, 0.15) is 0 Å². The second-order valence-electron chi connectivity index (χ2n) is 5.58. The second-order valence-corrected chi connectivity index (χ2v) is 5.96. The molecule has 0 N–H and O–H groups in total. The lowest BCUT2D eigenvalue weighted by Crippen LogP contribution is -2.24. The van der Waals surface area contributed by atoms with Crippen LogP contribution in [0, 0.1) is 0 Å². The summed E-state index contributed by atoms with van der Waals surface area (Å²) in [6.45, 7) is 2.22. The van der Waals surface area contributed by atoms with Crippen molar-refractivity contribution in [3.63, 3.8) is 0 Å². The molecule has 0 saturated heterocycles. The third-order valence-electron chi connectivity index (χ3n) is 4.23. The van der Waals surface area contributed by atoms with Gasteiger partial charge in [-0.2, -0.15) is 10.2 Å². The van der Waals surface area contributed by atoms with Crippen molar-refractivity contribution in [3.8, 4) is 0 Å². The zero-order valence-electron chi connectivity index (χ0n) is 11.3. The number of hydrogen-bond acceptors (Lipinski definition) is 3. The van der Waals surface area contributed by atoms with E-state index in [4.69, 9.17) is 11.6 Å². The topological polar surface area (TPSA) is 48.0 Å². The molecule has 0 fully saturated rings. The fourth-order valence-electron chi connectivity index (χ4n) is 3.17. The minimum atomic E-state index is -0.146. The van der Waals surface area contributed by atoms with E-state index in [9.17, 15) is 0 Å². The third kappa shape index (κ3) is 1.47. The molecule has 0 radical (unpaired) electrons. The second kappa shape index (κ2) is 3.82. The largest absolute Gasteiger partial charge is 0.276 e. The van der Waals surface area contributed by atoms with Crippen LogP contribution in [-0.4, -0.2) is 24.4 Å². The van der Waals surface area contributed by atoms with Gasteiger partial charge in [0.2, 0.25) is 0 Å². The normalized spacial score (nSPS) is 21.6. The predicted octanol–water partition coefficient (Wildman–Crippen LogP) is 2.37. The Morgan fingerprint density at radius 1 is 1.35 bits per heavy atom. The number of aryl methyl sites for hydroxylation is 2. The van der Waals surface area contributed by atoms with Crippen molar-refractivity contribution < 1.29 is 0 Å². The molecule has 0 spiro atoms. The average molecular weight is 288 g/mol. The van der Waals surface area contributed by atoms with Crippen molar-refractivity contribution in [3.05, 3.63) is 46.6 Å². The van der Waals surface area contributed by atoms with Crippen molar-refractivity contribution in [2.75, 3.05) is 0 Å². The van der Waals surface area contributed by atoms with Crippen LogP contribution in [0.3, 0.4) is 0 Å². The Morgan fingerprint density at radius 2 is 2.20 bits per heavy atom. The molecule has 0 amide bonds. The van der Waals surface area contributed by atoms with E-state index in [1.165, 1.54) is 5.56 Å². The molecular formula is C14H14ClN5. The maximum absolute atomic E-state index is 6.04. The highest BCUT2D eigenvalue weighted by Crippen LogP contribution is 2.42. The molecule has 0 saturated carbocycles. The molecule has 0 bridgehead atoms. The molecule has 3 aromatic rings. The van der Waals surface area contributed by atoms with Gasteiger partial charge in [0.15, 0.2) is 10.8 Å². The molecule has 1 atom stereocenters. The van der Waals surface area contributed by atoms with Crippen LogP contribution < -0.4 is 0 Å².